The summed E-state index contributed by atoms with van der Waals surface area (Å²) in [6, 6.07) is 30.3. The number of para-hydroxylation sites is 2. The zero-order valence-corrected chi connectivity index (χ0v) is 23.0. The minimum absolute atomic E-state index is 0.0288. The molecule has 0 radical (unpaired) electrons. The quantitative estimate of drug-likeness (QED) is 0.213. The number of nitrogens with zero attached hydrogens (tertiary/aromatic N) is 4. The van der Waals surface area contributed by atoms with E-state index in [1.54, 1.807) is 24.5 Å². The highest BCUT2D eigenvalue weighted by Gasteiger charge is 2.29. The van der Waals surface area contributed by atoms with Gasteiger partial charge < -0.3 is 15.6 Å². The molecule has 43 heavy (non-hydrogen) atoms. The van der Waals surface area contributed by atoms with Gasteiger partial charge in [-0.25, -0.2) is 14.6 Å². The van der Waals surface area contributed by atoms with Gasteiger partial charge in [-0.1, -0.05) is 72.8 Å². The number of carbonyl (C=O) groups excluding carboxylic acids is 3. The van der Waals surface area contributed by atoms with Crippen molar-refractivity contribution in [3.8, 4) is 17.1 Å². The third-order valence-corrected chi connectivity index (χ3v) is 6.89. The van der Waals surface area contributed by atoms with E-state index in [2.05, 4.69) is 30.7 Å². The molecule has 0 aliphatic rings. The Morgan fingerprint density at radius 1 is 0.837 bits per heavy atom. The van der Waals surface area contributed by atoms with Gasteiger partial charge >= 0.3 is 0 Å². The lowest BCUT2D eigenvalue weighted by molar-refractivity contribution is -0.139. The number of benzene rings is 3. The summed E-state index contributed by atoms with van der Waals surface area (Å²) in [5, 5.41) is 10.0. The van der Waals surface area contributed by atoms with Crippen LogP contribution in [0, 0.1) is 0 Å². The molecule has 0 saturated heterocycles. The maximum absolute atomic E-state index is 13.6. The molecule has 2 amide bonds. The van der Waals surface area contributed by atoms with E-state index in [1.165, 1.54) is 4.68 Å². The minimum Gasteiger partial charge on any atom is -0.342 e. The standard InChI is InChI=1S/C33H27N7O3/c41-30(33(43)35-21-29-36-26-15-7-8-16-27(26)37-29)28(20-22-10-3-1-4-11-22)38-32(42)24-14-9-18-34-31(24)40-19-17-25(39-40)23-12-5-2-6-13-23/h1-19,28H,20-21H2,(H,35,43)(H,36,37)(H,38,42)/t28-/m1/s1. The van der Waals surface area contributed by atoms with Crippen molar-refractivity contribution in [3.63, 3.8) is 0 Å². The largest absolute Gasteiger partial charge is 0.342 e. The van der Waals surface area contributed by atoms with Crippen LogP contribution in [0.2, 0.25) is 0 Å². The van der Waals surface area contributed by atoms with Crippen LogP contribution in [0.5, 0.6) is 0 Å². The first-order valence-corrected chi connectivity index (χ1v) is 13.7. The first-order chi connectivity index (χ1) is 21.0. The van der Waals surface area contributed by atoms with E-state index in [0.29, 0.717) is 11.6 Å². The number of nitrogens with one attached hydrogen (secondary N) is 3. The van der Waals surface area contributed by atoms with Crippen LogP contribution in [-0.4, -0.2) is 48.4 Å². The molecule has 3 heterocycles. The van der Waals surface area contributed by atoms with Crippen molar-refractivity contribution in [3.05, 3.63) is 132 Å². The monoisotopic (exact) mass is 569 g/mol. The number of H-pyrrole nitrogens is 1. The molecule has 0 aliphatic heterocycles. The van der Waals surface area contributed by atoms with Crippen molar-refractivity contribution in [1.29, 1.82) is 0 Å². The summed E-state index contributed by atoms with van der Waals surface area (Å²) in [6.07, 6.45) is 3.41. The van der Waals surface area contributed by atoms with Crippen LogP contribution >= 0.6 is 0 Å². The van der Waals surface area contributed by atoms with E-state index < -0.39 is 23.6 Å². The summed E-state index contributed by atoms with van der Waals surface area (Å²) in [5.41, 5.74) is 4.22. The van der Waals surface area contributed by atoms with Gasteiger partial charge in [-0.15, -0.1) is 0 Å². The molecule has 212 valence electrons. The number of aromatic amines is 1. The number of carbonyl (C=O) groups is 3. The van der Waals surface area contributed by atoms with Crippen molar-refractivity contribution in [2.24, 2.45) is 0 Å². The van der Waals surface area contributed by atoms with Crippen LogP contribution in [0.3, 0.4) is 0 Å². The number of Topliss-reactive ketones (excluding diaryl/α,β-unsaturated/α-hetero) is 1. The number of hydrogen-bond donors (Lipinski definition) is 3. The number of hydrogen-bond acceptors (Lipinski definition) is 6. The molecular weight excluding hydrogens is 542 g/mol. The molecular formula is C33H27N7O3. The maximum Gasteiger partial charge on any atom is 0.289 e. The molecule has 10 nitrogen and oxygen atoms in total. The Labute approximate surface area is 246 Å². The van der Waals surface area contributed by atoms with E-state index in [0.717, 1.165) is 27.9 Å². The normalized spacial score (nSPS) is 11.6. The highest BCUT2D eigenvalue weighted by Crippen LogP contribution is 2.19. The zero-order chi connectivity index (χ0) is 29.6. The fraction of sp³-hybridized carbons (Fsp3) is 0.0909. The lowest BCUT2D eigenvalue weighted by Gasteiger charge is -2.18. The average molecular weight is 570 g/mol. The van der Waals surface area contributed by atoms with Crippen molar-refractivity contribution in [2.75, 3.05) is 0 Å². The van der Waals surface area contributed by atoms with Gasteiger partial charge in [0.25, 0.3) is 11.8 Å². The number of ketones is 1. The van der Waals surface area contributed by atoms with Gasteiger partial charge in [0.05, 0.1) is 28.8 Å². The maximum atomic E-state index is 13.6. The Morgan fingerprint density at radius 2 is 1.58 bits per heavy atom. The Bertz CT molecular complexity index is 1860. The van der Waals surface area contributed by atoms with E-state index >= 15 is 0 Å². The molecule has 3 aromatic heterocycles. The Hall–Kier alpha value is -5.90. The van der Waals surface area contributed by atoms with Crippen LogP contribution in [0.25, 0.3) is 28.1 Å². The first-order valence-electron chi connectivity index (χ1n) is 13.7. The minimum atomic E-state index is -1.13. The van der Waals surface area contributed by atoms with Crippen LogP contribution in [0.15, 0.2) is 116 Å². The molecule has 3 N–H and O–H groups in total. The van der Waals surface area contributed by atoms with Gasteiger partial charge in [-0.3, -0.25) is 14.4 Å². The molecule has 0 fully saturated rings. The van der Waals surface area contributed by atoms with Crippen molar-refractivity contribution < 1.29 is 14.4 Å². The Morgan fingerprint density at radius 3 is 2.37 bits per heavy atom. The molecule has 6 aromatic rings. The number of pyridine rings is 1. The molecule has 0 bridgehead atoms. The van der Waals surface area contributed by atoms with Gasteiger partial charge in [0.2, 0.25) is 5.78 Å². The Kier molecular flexibility index (Phi) is 7.81. The smallest absolute Gasteiger partial charge is 0.289 e. The second-order valence-electron chi connectivity index (χ2n) is 9.85. The van der Waals surface area contributed by atoms with Gasteiger partial charge in [0.15, 0.2) is 5.82 Å². The highest BCUT2D eigenvalue weighted by molar-refractivity contribution is 6.38. The lowest BCUT2D eigenvalue weighted by atomic mass is 10.0. The summed E-state index contributed by atoms with van der Waals surface area (Å²) in [5.74, 6) is -1.35. The fourth-order valence-electron chi connectivity index (χ4n) is 4.76. The summed E-state index contributed by atoms with van der Waals surface area (Å²) in [7, 11) is 0. The number of amides is 2. The molecule has 3 aromatic carbocycles. The van der Waals surface area contributed by atoms with Crippen molar-refractivity contribution >= 4 is 28.6 Å². The topological polar surface area (TPSA) is 135 Å². The molecule has 6 rings (SSSR count). The van der Waals surface area contributed by atoms with Gasteiger partial charge in [-0.2, -0.15) is 5.10 Å². The SMILES string of the molecule is O=C(NCc1nc2ccccc2[nH]1)C(=O)[C@@H](Cc1ccccc1)NC(=O)c1cccnc1-n1ccc(-c2ccccc2)n1. The van der Waals surface area contributed by atoms with Gasteiger partial charge in [-0.05, 0) is 35.9 Å². The van der Waals surface area contributed by atoms with Gasteiger partial charge in [0, 0.05) is 24.4 Å². The average Bonchev–Trinajstić information content (AvgIpc) is 3.71. The molecule has 0 unspecified atom stereocenters. The second-order valence-corrected chi connectivity index (χ2v) is 9.85. The predicted octanol–water partition coefficient (Wildman–Crippen LogP) is 4.04. The second kappa shape index (κ2) is 12.3. The zero-order valence-electron chi connectivity index (χ0n) is 23.0. The van der Waals surface area contributed by atoms with Gasteiger partial charge in [0.1, 0.15) is 11.9 Å². The summed E-state index contributed by atoms with van der Waals surface area (Å²) < 4.78 is 1.52. The molecule has 0 saturated carbocycles. The molecule has 1 atom stereocenters. The molecule has 0 spiro atoms. The summed E-state index contributed by atoms with van der Waals surface area (Å²) in [6.45, 7) is 0.0288. The number of fused-ring (bicyclic) bond motifs is 1. The van der Waals surface area contributed by atoms with Crippen LogP contribution < -0.4 is 10.6 Å². The van der Waals surface area contributed by atoms with Crippen LogP contribution in [-0.2, 0) is 22.6 Å². The third kappa shape index (κ3) is 6.23. The molecule has 0 aliphatic carbocycles. The number of imidazole rings is 1. The summed E-state index contributed by atoms with van der Waals surface area (Å²) in [4.78, 5) is 52.0. The predicted molar refractivity (Wildman–Crippen MR) is 161 cm³/mol. The van der Waals surface area contributed by atoms with E-state index in [4.69, 9.17) is 0 Å². The molecule has 10 heteroatoms. The van der Waals surface area contributed by atoms with Crippen molar-refractivity contribution in [1.82, 2.24) is 35.4 Å². The van der Waals surface area contributed by atoms with E-state index in [-0.39, 0.29) is 18.5 Å². The van der Waals surface area contributed by atoms with E-state index in [9.17, 15) is 14.4 Å². The van der Waals surface area contributed by atoms with Crippen LogP contribution in [0.1, 0.15) is 21.7 Å². The lowest BCUT2D eigenvalue weighted by Crippen LogP contribution is -2.48. The van der Waals surface area contributed by atoms with Crippen LogP contribution in [0.4, 0.5) is 0 Å². The van der Waals surface area contributed by atoms with Crippen molar-refractivity contribution in [2.45, 2.75) is 19.0 Å². The third-order valence-electron chi connectivity index (χ3n) is 6.89. The Balaban J connectivity index is 1.21. The van der Waals surface area contributed by atoms with E-state index in [1.807, 2.05) is 91.0 Å². The number of aromatic nitrogens is 5. The summed E-state index contributed by atoms with van der Waals surface area (Å²) >= 11 is 0. The fourth-order valence-corrected chi connectivity index (χ4v) is 4.76. The first kappa shape index (κ1) is 27.3. The highest BCUT2D eigenvalue weighted by atomic mass is 16.2. The number of rotatable bonds is 10.